The Morgan fingerprint density at radius 3 is 2.87 bits per heavy atom. The minimum absolute atomic E-state index is 0.190. The summed E-state index contributed by atoms with van der Waals surface area (Å²) in [6, 6.07) is 0.921. The molecule has 7 heteroatoms. The monoisotopic (exact) mass is 232 g/mol. The lowest BCUT2D eigenvalue weighted by molar-refractivity contribution is -0.0284. The Kier molecular flexibility index (Phi) is 2.68. The van der Waals surface area contributed by atoms with Crippen molar-refractivity contribution in [3.05, 3.63) is 24.3 Å². The van der Waals surface area contributed by atoms with Crippen molar-refractivity contribution in [3.8, 4) is 0 Å². The normalized spacial score (nSPS) is 18.2. The van der Waals surface area contributed by atoms with Crippen LogP contribution in [-0.2, 0) is 14.9 Å². The van der Waals surface area contributed by atoms with Crippen molar-refractivity contribution in [3.63, 3.8) is 0 Å². The third-order valence-electron chi connectivity index (χ3n) is 1.97. The van der Waals surface area contributed by atoms with E-state index in [0.717, 1.165) is 22.9 Å². The molecule has 0 spiro atoms. The molecule has 15 heavy (non-hydrogen) atoms. The SMILES string of the molecule is O=S(=O)(c1cncc(F)c1)N1CCCO1. The van der Waals surface area contributed by atoms with Crippen LogP contribution in [0.15, 0.2) is 23.4 Å². The van der Waals surface area contributed by atoms with Gasteiger partial charge in [-0.1, -0.05) is 4.47 Å². The first-order chi connectivity index (χ1) is 7.10. The molecule has 82 valence electrons. The lowest BCUT2D eigenvalue weighted by Crippen LogP contribution is -2.26. The summed E-state index contributed by atoms with van der Waals surface area (Å²) in [5.74, 6) is -0.685. The molecule has 0 amide bonds. The predicted molar refractivity (Wildman–Crippen MR) is 48.7 cm³/mol. The van der Waals surface area contributed by atoms with Gasteiger partial charge in [0.25, 0.3) is 10.0 Å². The van der Waals surface area contributed by atoms with Crippen LogP contribution >= 0.6 is 0 Å². The molecular weight excluding hydrogens is 223 g/mol. The van der Waals surface area contributed by atoms with E-state index in [1.165, 1.54) is 0 Å². The number of pyridine rings is 1. The molecule has 1 aromatic rings. The van der Waals surface area contributed by atoms with E-state index in [9.17, 15) is 12.8 Å². The second-order valence-corrected chi connectivity index (χ2v) is 4.89. The van der Waals surface area contributed by atoms with E-state index in [1.807, 2.05) is 0 Å². The van der Waals surface area contributed by atoms with E-state index < -0.39 is 15.8 Å². The van der Waals surface area contributed by atoms with Gasteiger partial charge in [-0.25, -0.2) is 12.8 Å². The molecule has 0 unspecified atom stereocenters. The first kappa shape index (κ1) is 10.5. The maximum atomic E-state index is 12.8. The van der Waals surface area contributed by atoms with Crippen molar-refractivity contribution < 1.29 is 17.6 Å². The average Bonchev–Trinajstić information content (AvgIpc) is 2.71. The van der Waals surface area contributed by atoms with Gasteiger partial charge in [-0.15, -0.1) is 0 Å². The smallest absolute Gasteiger partial charge is 0.266 e. The summed E-state index contributed by atoms with van der Waals surface area (Å²) in [6.07, 6.45) is 2.69. The van der Waals surface area contributed by atoms with Gasteiger partial charge in [0.2, 0.25) is 0 Å². The average molecular weight is 232 g/mol. The Labute approximate surface area is 86.5 Å². The van der Waals surface area contributed by atoms with Crippen molar-refractivity contribution >= 4 is 10.0 Å². The maximum Gasteiger partial charge on any atom is 0.266 e. The summed E-state index contributed by atoms with van der Waals surface area (Å²) in [5.41, 5.74) is 0. The van der Waals surface area contributed by atoms with Gasteiger partial charge in [-0.05, 0) is 12.5 Å². The minimum Gasteiger partial charge on any atom is -0.284 e. The molecule has 2 rings (SSSR count). The number of aromatic nitrogens is 1. The zero-order valence-electron chi connectivity index (χ0n) is 7.76. The number of hydrogen-bond acceptors (Lipinski definition) is 4. The van der Waals surface area contributed by atoms with Gasteiger partial charge in [0.1, 0.15) is 10.7 Å². The van der Waals surface area contributed by atoms with Crippen molar-refractivity contribution in [1.29, 1.82) is 0 Å². The first-order valence-electron chi connectivity index (χ1n) is 4.37. The van der Waals surface area contributed by atoms with Crippen LogP contribution in [0.25, 0.3) is 0 Å². The van der Waals surface area contributed by atoms with Crippen molar-refractivity contribution in [2.45, 2.75) is 11.3 Å². The molecule has 0 saturated carbocycles. The highest BCUT2D eigenvalue weighted by molar-refractivity contribution is 7.89. The topological polar surface area (TPSA) is 59.5 Å². The Hall–Kier alpha value is -1.05. The van der Waals surface area contributed by atoms with Crippen LogP contribution in [0.5, 0.6) is 0 Å². The molecule has 1 fully saturated rings. The van der Waals surface area contributed by atoms with Crippen LogP contribution in [0.2, 0.25) is 0 Å². The van der Waals surface area contributed by atoms with Gasteiger partial charge in [0.15, 0.2) is 0 Å². The summed E-state index contributed by atoms with van der Waals surface area (Å²) < 4.78 is 37.2. The number of hydrogen-bond donors (Lipinski definition) is 0. The number of halogens is 1. The van der Waals surface area contributed by atoms with Crippen LogP contribution in [0, 0.1) is 5.82 Å². The second-order valence-electron chi connectivity index (χ2n) is 3.06. The standard InChI is InChI=1S/C8H9FN2O3S/c9-7-4-8(6-10-5-7)15(12,13)11-2-1-3-14-11/h4-6H,1-3H2. The third-order valence-corrected chi connectivity index (χ3v) is 3.61. The fraction of sp³-hybridized carbons (Fsp3) is 0.375. The van der Waals surface area contributed by atoms with Crippen LogP contribution in [0.1, 0.15) is 6.42 Å². The number of nitrogens with zero attached hydrogens (tertiary/aromatic N) is 2. The summed E-state index contributed by atoms with van der Waals surface area (Å²) in [6.45, 7) is 0.654. The lowest BCUT2D eigenvalue weighted by Gasteiger charge is -2.13. The molecule has 1 aliphatic rings. The van der Waals surface area contributed by atoms with Crippen LogP contribution < -0.4 is 0 Å². The lowest BCUT2D eigenvalue weighted by atomic mass is 10.5. The van der Waals surface area contributed by atoms with Gasteiger partial charge in [-0.3, -0.25) is 9.82 Å². The van der Waals surface area contributed by atoms with E-state index in [-0.39, 0.29) is 4.90 Å². The largest absolute Gasteiger partial charge is 0.284 e. The van der Waals surface area contributed by atoms with Gasteiger partial charge in [0.05, 0.1) is 12.8 Å². The predicted octanol–water partition coefficient (Wildman–Crippen LogP) is 0.547. The molecule has 0 aliphatic carbocycles. The van der Waals surface area contributed by atoms with Gasteiger partial charge < -0.3 is 0 Å². The van der Waals surface area contributed by atoms with E-state index in [0.29, 0.717) is 19.6 Å². The van der Waals surface area contributed by atoms with E-state index >= 15 is 0 Å². The number of hydroxylamine groups is 1. The first-order valence-corrected chi connectivity index (χ1v) is 5.81. The second kappa shape index (κ2) is 3.84. The van der Waals surface area contributed by atoms with Crippen LogP contribution in [-0.4, -0.2) is 31.0 Å². The minimum atomic E-state index is -3.75. The molecular formula is C8H9FN2O3S. The Morgan fingerprint density at radius 2 is 2.27 bits per heavy atom. The Morgan fingerprint density at radius 1 is 1.47 bits per heavy atom. The summed E-state index contributed by atoms with van der Waals surface area (Å²) >= 11 is 0. The molecule has 5 nitrogen and oxygen atoms in total. The zero-order valence-corrected chi connectivity index (χ0v) is 8.58. The molecule has 1 aromatic heterocycles. The molecule has 1 aliphatic heterocycles. The highest BCUT2D eigenvalue weighted by Gasteiger charge is 2.29. The number of rotatable bonds is 2. The molecule has 0 atom stereocenters. The maximum absolute atomic E-state index is 12.8. The summed E-state index contributed by atoms with van der Waals surface area (Å²) in [5, 5.41) is 0. The quantitative estimate of drug-likeness (QED) is 0.747. The molecule has 0 N–H and O–H groups in total. The molecule has 2 heterocycles. The van der Waals surface area contributed by atoms with E-state index in [1.54, 1.807) is 0 Å². The molecule has 0 bridgehead atoms. The van der Waals surface area contributed by atoms with Crippen molar-refractivity contribution in [2.24, 2.45) is 0 Å². The van der Waals surface area contributed by atoms with Crippen LogP contribution in [0.3, 0.4) is 0 Å². The zero-order chi connectivity index (χ0) is 10.9. The number of sulfonamides is 1. The van der Waals surface area contributed by atoms with E-state index in [4.69, 9.17) is 4.84 Å². The van der Waals surface area contributed by atoms with Gasteiger partial charge >= 0.3 is 0 Å². The van der Waals surface area contributed by atoms with E-state index in [2.05, 4.69) is 4.98 Å². The fourth-order valence-electron chi connectivity index (χ4n) is 1.27. The fourth-order valence-corrected chi connectivity index (χ4v) is 2.54. The molecule has 0 radical (unpaired) electrons. The highest BCUT2D eigenvalue weighted by Crippen LogP contribution is 2.19. The van der Waals surface area contributed by atoms with Crippen LogP contribution in [0.4, 0.5) is 4.39 Å². The highest BCUT2D eigenvalue weighted by atomic mass is 32.2. The third kappa shape index (κ3) is 1.99. The summed E-state index contributed by atoms with van der Waals surface area (Å²) in [7, 11) is -3.75. The van der Waals surface area contributed by atoms with Gasteiger partial charge in [0, 0.05) is 12.7 Å². The molecule has 1 saturated heterocycles. The Balaban J connectivity index is 2.36. The summed E-state index contributed by atoms with van der Waals surface area (Å²) in [4.78, 5) is 8.20. The Bertz CT molecular complexity index is 457. The van der Waals surface area contributed by atoms with Gasteiger partial charge in [-0.2, -0.15) is 0 Å². The van der Waals surface area contributed by atoms with Crippen molar-refractivity contribution in [1.82, 2.24) is 9.45 Å². The van der Waals surface area contributed by atoms with Crippen molar-refractivity contribution in [2.75, 3.05) is 13.2 Å². The molecule has 0 aromatic carbocycles.